The smallest absolute Gasteiger partial charge is 0.408 e. The van der Waals surface area contributed by atoms with Crippen LogP contribution in [0.25, 0.3) is 10.9 Å². The van der Waals surface area contributed by atoms with Gasteiger partial charge in [-0.05, 0) is 57.5 Å². The average Bonchev–Trinajstić information content (AvgIpc) is 2.83. The lowest BCUT2D eigenvalue weighted by atomic mass is 10.1. The van der Waals surface area contributed by atoms with E-state index in [9.17, 15) is 9.59 Å². The number of pyridine rings is 1. The van der Waals surface area contributed by atoms with Crippen LogP contribution in [0, 0.1) is 0 Å². The standard InChI is InChI=1S/C27H32N2O7/c1-7-34-25(30)21(29-26(31)36-27(2,3)4)14-17-8-10-18(11-9-17)35-22-12-13-28-20-16-24(33-6)23(32-5)15-19(20)22/h8-13,15-16,21H,7,14H2,1-6H3,(H,29,31). The molecule has 9 heteroatoms. The van der Waals surface area contributed by atoms with Gasteiger partial charge in [0.1, 0.15) is 23.1 Å². The van der Waals surface area contributed by atoms with Crippen molar-refractivity contribution in [2.75, 3.05) is 20.8 Å². The van der Waals surface area contributed by atoms with Crippen molar-refractivity contribution in [2.45, 2.75) is 45.8 Å². The molecule has 0 radical (unpaired) electrons. The van der Waals surface area contributed by atoms with Crippen LogP contribution in [0.4, 0.5) is 4.79 Å². The van der Waals surface area contributed by atoms with Crippen molar-refractivity contribution in [2.24, 2.45) is 0 Å². The number of benzene rings is 2. The zero-order valence-electron chi connectivity index (χ0n) is 21.4. The van der Waals surface area contributed by atoms with Crippen molar-refractivity contribution in [1.29, 1.82) is 0 Å². The largest absolute Gasteiger partial charge is 0.493 e. The Labute approximate surface area is 210 Å². The molecule has 0 aliphatic heterocycles. The Morgan fingerprint density at radius 2 is 1.64 bits per heavy atom. The zero-order chi connectivity index (χ0) is 26.3. The third-order valence-electron chi connectivity index (χ3n) is 5.06. The second kappa shape index (κ2) is 11.6. The second-order valence-electron chi connectivity index (χ2n) is 8.93. The fraction of sp³-hybridized carbons (Fsp3) is 0.370. The summed E-state index contributed by atoms with van der Waals surface area (Å²) in [7, 11) is 3.14. The molecule has 0 spiro atoms. The third kappa shape index (κ3) is 7.00. The molecule has 1 heterocycles. The molecule has 3 rings (SSSR count). The molecule has 2 aromatic carbocycles. The number of esters is 1. The highest BCUT2D eigenvalue weighted by Crippen LogP contribution is 2.36. The Morgan fingerprint density at radius 1 is 0.972 bits per heavy atom. The topological polar surface area (TPSA) is 105 Å². The van der Waals surface area contributed by atoms with Gasteiger partial charge in [-0.1, -0.05) is 12.1 Å². The number of alkyl carbamates (subject to hydrolysis) is 1. The minimum atomic E-state index is -0.891. The Balaban J connectivity index is 1.77. The molecule has 1 unspecified atom stereocenters. The van der Waals surface area contributed by atoms with Gasteiger partial charge >= 0.3 is 12.1 Å². The maximum absolute atomic E-state index is 12.4. The molecule has 1 amide bonds. The Kier molecular flexibility index (Phi) is 8.58. The van der Waals surface area contributed by atoms with Gasteiger partial charge in [0, 0.05) is 24.1 Å². The molecule has 0 bridgehead atoms. The van der Waals surface area contributed by atoms with Gasteiger partial charge in [0.25, 0.3) is 0 Å². The van der Waals surface area contributed by atoms with E-state index >= 15 is 0 Å². The number of aromatic nitrogens is 1. The molecule has 0 saturated carbocycles. The second-order valence-corrected chi connectivity index (χ2v) is 8.93. The predicted molar refractivity (Wildman–Crippen MR) is 135 cm³/mol. The zero-order valence-corrected chi connectivity index (χ0v) is 21.4. The molecule has 0 aliphatic carbocycles. The van der Waals surface area contributed by atoms with Gasteiger partial charge in [-0.2, -0.15) is 0 Å². The first-order valence-electron chi connectivity index (χ1n) is 11.6. The fourth-order valence-electron chi connectivity index (χ4n) is 3.48. The molecule has 9 nitrogen and oxygen atoms in total. The first-order valence-corrected chi connectivity index (χ1v) is 11.6. The SMILES string of the molecule is CCOC(=O)C(Cc1ccc(Oc2ccnc3cc(OC)c(OC)cc23)cc1)NC(=O)OC(C)(C)C. The van der Waals surface area contributed by atoms with Crippen LogP contribution in [0.1, 0.15) is 33.3 Å². The fourth-order valence-corrected chi connectivity index (χ4v) is 3.48. The van der Waals surface area contributed by atoms with E-state index in [-0.39, 0.29) is 13.0 Å². The molecule has 1 aromatic heterocycles. The molecule has 1 N–H and O–H groups in total. The minimum Gasteiger partial charge on any atom is -0.493 e. The number of nitrogens with one attached hydrogen (secondary N) is 1. The summed E-state index contributed by atoms with van der Waals surface area (Å²) >= 11 is 0. The van der Waals surface area contributed by atoms with Crippen molar-refractivity contribution >= 4 is 23.0 Å². The van der Waals surface area contributed by atoms with Gasteiger partial charge in [-0.25, -0.2) is 9.59 Å². The summed E-state index contributed by atoms with van der Waals surface area (Å²) in [5.74, 6) is 1.81. The normalized spacial score (nSPS) is 11.9. The first kappa shape index (κ1) is 26.6. The van der Waals surface area contributed by atoms with Gasteiger partial charge in [0.2, 0.25) is 0 Å². The lowest BCUT2D eigenvalue weighted by molar-refractivity contribution is -0.145. The summed E-state index contributed by atoms with van der Waals surface area (Å²) in [6.45, 7) is 7.17. The quantitative estimate of drug-likeness (QED) is 0.411. The van der Waals surface area contributed by atoms with Gasteiger partial charge in [-0.15, -0.1) is 0 Å². The monoisotopic (exact) mass is 496 g/mol. The van der Waals surface area contributed by atoms with Gasteiger partial charge < -0.3 is 29.0 Å². The summed E-state index contributed by atoms with van der Waals surface area (Å²) in [6, 6.07) is 11.7. The molecule has 0 fully saturated rings. The minimum absolute atomic E-state index is 0.203. The number of fused-ring (bicyclic) bond motifs is 1. The lowest BCUT2D eigenvalue weighted by Gasteiger charge is -2.23. The summed E-state index contributed by atoms with van der Waals surface area (Å²) in [5.41, 5.74) is 0.823. The number of rotatable bonds is 9. The summed E-state index contributed by atoms with van der Waals surface area (Å²) in [4.78, 5) is 29.1. The van der Waals surface area contributed by atoms with E-state index in [2.05, 4.69) is 10.3 Å². The van der Waals surface area contributed by atoms with E-state index in [4.69, 9.17) is 23.7 Å². The van der Waals surface area contributed by atoms with E-state index in [1.54, 1.807) is 72.4 Å². The molecular weight excluding hydrogens is 464 g/mol. The highest BCUT2D eigenvalue weighted by atomic mass is 16.6. The summed E-state index contributed by atoms with van der Waals surface area (Å²) in [5, 5.41) is 3.37. The number of nitrogens with zero attached hydrogens (tertiary/aromatic N) is 1. The number of ether oxygens (including phenoxy) is 5. The summed E-state index contributed by atoms with van der Waals surface area (Å²) in [6.07, 6.45) is 1.20. The van der Waals surface area contributed by atoms with Crippen LogP contribution < -0.4 is 19.5 Å². The maximum atomic E-state index is 12.4. The molecule has 192 valence electrons. The molecule has 0 aliphatic rings. The van der Waals surface area contributed by atoms with Crippen LogP contribution >= 0.6 is 0 Å². The van der Waals surface area contributed by atoms with Crippen molar-refractivity contribution in [3.8, 4) is 23.0 Å². The molecule has 0 saturated heterocycles. The van der Waals surface area contributed by atoms with Crippen LogP contribution in [-0.4, -0.2) is 49.5 Å². The van der Waals surface area contributed by atoms with E-state index in [0.29, 0.717) is 28.5 Å². The molecule has 36 heavy (non-hydrogen) atoms. The highest BCUT2D eigenvalue weighted by Gasteiger charge is 2.25. The summed E-state index contributed by atoms with van der Waals surface area (Å²) < 4.78 is 27.3. The Morgan fingerprint density at radius 3 is 2.25 bits per heavy atom. The highest BCUT2D eigenvalue weighted by molar-refractivity contribution is 5.88. The average molecular weight is 497 g/mol. The van der Waals surface area contributed by atoms with Crippen LogP contribution in [0.3, 0.4) is 0 Å². The number of carbonyl (C=O) groups is 2. The number of hydrogen-bond acceptors (Lipinski definition) is 8. The van der Waals surface area contributed by atoms with Crippen molar-refractivity contribution in [1.82, 2.24) is 10.3 Å². The number of amides is 1. The first-order chi connectivity index (χ1) is 17.1. The van der Waals surface area contributed by atoms with Gasteiger partial charge in [0.05, 0.1) is 26.3 Å². The molecular formula is C27H32N2O7. The van der Waals surface area contributed by atoms with Crippen molar-refractivity contribution in [3.05, 3.63) is 54.2 Å². The molecule has 1 atom stereocenters. The number of methoxy groups -OCH3 is 2. The van der Waals surface area contributed by atoms with Crippen LogP contribution in [0.15, 0.2) is 48.7 Å². The maximum Gasteiger partial charge on any atom is 0.408 e. The van der Waals surface area contributed by atoms with Crippen LogP contribution in [0.2, 0.25) is 0 Å². The number of carbonyl (C=O) groups excluding carboxylic acids is 2. The van der Waals surface area contributed by atoms with E-state index in [1.807, 2.05) is 18.2 Å². The van der Waals surface area contributed by atoms with Gasteiger partial charge in [0.15, 0.2) is 11.5 Å². The van der Waals surface area contributed by atoms with Crippen LogP contribution in [-0.2, 0) is 20.7 Å². The van der Waals surface area contributed by atoms with Crippen molar-refractivity contribution in [3.63, 3.8) is 0 Å². The van der Waals surface area contributed by atoms with Crippen LogP contribution in [0.5, 0.6) is 23.0 Å². The van der Waals surface area contributed by atoms with E-state index in [1.165, 1.54) is 0 Å². The van der Waals surface area contributed by atoms with Crippen molar-refractivity contribution < 1.29 is 33.3 Å². The predicted octanol–water partition coefficient (Wildman–Crippen LogP) is 5.04. The number of hydrogen-bond donors (Lipinski definition) is 1. The Bertz CT molecular complexity index is 1200. The molecule has 3 aromatic rings. The van der Waals surface area contributed by atoms with Gasteiger partial charge in [-0.3, -0.25) is 4.98 Å². The Hall–Kier alpha value is -4.01. The van der Waals surface area contributed by atoms with E-state index in [0.717, 1.165) is 10.9 Å². The third-order valence-corrected chi connectivity index (χ3v) is 5.06. The lowest BCUT2D eigenvalue weighted by Crippen LogP contribution is -2.45. The van der Waals surface area contributed by atoms with E-state index < -0.39 is 23.7 Å².